The van der Waals surface area contributed by atoms with E-state index in [1.165, 1.54) is 17.0 Å². The van der Waals surface area contributed by atoms with Gasteiger partial charge in [0.15, 0.2) is 11.6 Å². The molecule has 1 aliphatic rings. The van der Waals surface area contributed by atoms with Crippen LogP contribution in [0.15, 0.2) is 61.2 Å². The second-order valence-corrected chi connectivity index (χ2v) is 6.03. The number of morpholine rings is 1. The Kier molecular flexibility index (Phi) is 5.32. The van der Waals surface area contributed by atoms with Crippen LogP contribution >= 0.6 is 0 Å². The highest BCUT2D eigenvalue weighted by molar-refractivity contribution is 5.68. The van der Waals surface area contributed by atoms with Gasteiger partial charge in [0, 0.05) is 6.54 Å². The quantitative estimate of drug-likeness (QED) is 0.774. The molecule has 0 bridgehead atoms. The molecular formula is C20H19F2NO3. The number of amides is 1. The van der Waals surface area contributed by atoms with Crippen molar-refractivity contribution in [2.45, 2.75) is 12.2 Å². The van der Waals surface area contributed by atoms with Crippen LogP contribution in [0.5, 0.6) is 0 Å². The molecule has 2 aromatic carbocycles. The zero-order valence-corrected chi connectivity index (χ0v) is 14.2. The summed E-state index contributed by atoms with van der Waals surface area (Å²) in [6.07, 6.45) is 1.00. The van der Waals surface area contributed by atoms with Crippen LogP contribution in [-0.4, -0.2) is 30.7 Å². The highest BCUT2D eigenvalue weighted by Gasteiger charge is 2.38. The van der Waals surface area contributed by atoms with Gasteiger partial charge in [-0.2, -0.15) is 0 Å². The van der Waals surface area contributed by atoms with Crippen molar-refractivity contribution in [2.24, 2.45) is 0 Å². The number of nitrogens with zero attached hydrogens (tertiary/aromatic N) is 1. The first-order chi connectivity index (χ1) is 12.5. The number of benzene rings is 2. The van der Waals surface area contributed by atoms with Crippen LogP contribution in [0, 0.1) is 11.6 Å². The first-order valence-electron chi connectivity index (χ1n) is 8.23. The van der Waals surface area contributed by atoms with E-state index in [4.69, 9.17) is 9.47 Å². The largest absolute Gasteiger partial charge is 0.445 e. The van der Waals surface area contributed by atoms with Crippen LogP contribution in [0.1, 0.15) is 11.1 Å². The molecule has 1 atom stereocenters. The van der Waals surface area contributed by atoms with E-state index in [0.29, 0.717) is 12.1 Å². The Labute approximate surface area is 150 Å². The molecule has 6 heteroatoms. The smallest absolute Gasteiger partial charge is 0.410 e. The lowest BCUT2D eigenvalue weighted by Crippen LogP contribution is -2.51. The number of carbonyl (C=O) groups is 1. The Balaban J connectivity index is 1.73. The van der Waals surface area contributed by atoms with Gasteiger partial charge in [0.05, 0.1) is 13.2 Å². The lowest BCUT2D eigenvalue weighted by Gasteiger charge is -2.40. The van der Waals surface area contributed by atoms with Gasteiger partial charge in [-0.05, 0) is 23.3 Å². The van der Waals surface area contributed by atoms with Gasteiger partial charge >= 0.3 is 6.09 Å². The zero-order chi connectivity index (χ0) is 18.6. The second-order valence-electron chi connectivity index (χ2n) is 6.03. The van der Waals surface area contributed by atoms with Gasteiger partial charge < -0.3 is 14.4 Å². The maximum absolute atomic E-state index is 13.6. The highest BCUT2D eigenvalue weighted by Crippen LogP contribution is 2.32. The molecule has 0 N–H and O–H groups in total. The molecule has 0 aliphatic carbocycles. The minimum Gasteiger partial charge on any atom is -0.445 e. The number of hydrogen-bond acceptors (Lipinski definition) is 3. The normalized spacial score (nSPS) is 19.8. The summed E-state index contributed by atoms with van der Waals surface area (Å²) in [7, 11) is 0. The van der Waals surface area contributed by atoms with Gasteiger partial charge in [-0.1, -0.05) is 49.1 Å². The van der Waals surface area contributed by atoms with Gasteiger partial charge in [-0.15, -0.1) is 0 Å². The lowest BCUT2D eigenvalue weighted by molar-refractivity contribution is -0.0790. The van der Waals surface area contributed by atoms with Crippen LogP contribution in [-0.2, 0) is 21.7 Å². The van der Waals surface area contributed by atoms with Crippen molar-refractivity contribution >= 4 is 6.09 Å². The second kappa shape index (κ2) is 7.66. The van der Waals surface area contributed by atoms with Crippen molar-refractivity contribution in [3.8, 4) is 0 Å². The predicted octanol–water partition coefficient (Wildman–Crippen LogP) is 4.02. The molecule has 26 heavy (non-hydrogen) atoms. The number of ether oxygens (including phenoxy) is 2. The van der Waals surface area contributed by atoms with Crippen LogP contribution < -0.4 is 0 Å². The Bertz CT molecular complexity index is 797. The molecule has 1 aliphatic heterocycles. The highest BCUT2D eigenvalue weighted by atomic mass is 19.2. The van der Waals surface area contributed by atoms with E-state index in [2.05, 4.69) is 6.58 Å². The van der Waals surface area contributed by atoms with Crippen molar-refractivity contribution in [1.82, 2.24) is 4.90 Å². The Hall–Kier alpha value is -2.73. The Morgan fingerprint density at radius 3 is 2.69 bits per heavy atom. The monoisotopic (exact) mass is 359 g/mol. The summed E-state index contributed by atoms with van der Waals surface area (Å²) in [6, 6.07) is 12.9. The number of rotatable bonds is 4. The third kappa shape index (κ3) is 3.75. The number of hydrogen-bond donors (Lipinski definition) is 0. The minimum absolute atomic E-state index is 0.106. The molecule has 0 saturated carbocycles. The average molecular weight is 359 g/mol. The average Bonchev–Trinajstić information content (AvgIpc) is 2.69. The first kappa shape index (κ1) is 18.1. The fourth-order valence-electron chi connectivity index (χ4n) is 2.89. The zero-order valence-electron chi connectivity index (χ0n) is 14.2. The molecule has 0 radical (unpaired) electrons. The van der Waals surface area contributed by atoms with Gasteiger partial charge in [0.25, 0.3) is 0 Å². The number of carbonyl (C=O) groups excluding carboxylic acids is 1. The standard InChI is InChI=1S/C20H19F2NO3/c1-2-20(16-8-9-17(21)18(22)12-16)14-23(10-11-26-20)19(24)25-13-15-6-4-3-5-7-15/h2-9,12H,1,10-11,13-14H2. The van der Waals surface area contributed by atoms with Crippen molar-refractivity contribution in [3.05, 3.63) is 83.9 Å². The Morgan fingerprint density at radius 1 is 1.23 bits per heavy atom. The maximum atomic E-state index is 13.6. The van der Waals surface area contributed by atoms with E-state index >= 15 is 0 Å². The molecule has 0 spiro atoms. The first-order valence-corrected chi connectivity index (χ1v) is 8.23. The lowest BCUT2D eigenvalue weighted by atomic mass is 9.91. The SMILES string of the molecule is C=CC1(c2ccc(F)c(F)c2)CN(C(=O)OCc2ccccc2)CCO1. The maximum Gasteiger partial charge on any atom is 0.410 e. The van der Waals surface area contributed by atoms with Crippen LogP contribution in [0.25, 0.3) is 0 Å². The third-order valence-electron chi connectivity index (χ3n) is 4.35. The summed E-state index contributed by atoms with van der Waals surface area (Å²) in [4.78, 5) is 13.9. The van der Waals surface area contributed by atoms with Gasteiger partial charge in [0.2, 0.25) is 0 Å². The molecule has 1 amide bonds. The molecule has 0 aromatic heterocycles. The van der Waals surface area contributed by atoms with Crippen LogP contribution in [0.2, 0.25) is 0 Å². The molecule has 136 valence electrons. The molecule has 3 rings (SSSR count). The topological polar surface area (TPSA) is 38.8 Å². The summed E-state index contributed by atoms with van der Waals surface area (Å²) < 4.78 is 38.0. The van der Waals surface area contributed by atoms with Gasteiger partial charge in [-0.25, -0.2) is 13.6 Å². The summed E-state index contributed by atoms with van der Waals surface area (Å²) >= 11 is 0. The molecule has 2 aromatic rings. The fourth-order valence-corrected chi connectivity index (χ4v) is 2.89. The predicted molar refractivity (Wildman–Crippen MR) is 92.4 cm³/mol. The van der Waals surface area contributed by atoms with E-state index in [-0.39, 0.29) is 19.8 Å². The Morgan fingerprint density at radius 2 is 2.00 bits per heavy atom. The summed E-state index contributed by atoms with van der Waals surface area (Å²) in [6.45, 7) is 4.58. The van der Waals surface area contributed by atoms with E-state index in [0.717, 1.165) is 17.7 Å². The van der Waals surface area contributed by atoms with Crippen molar-refractivity contribution in [2.75, 3.05) is 19.7 Å². The molecular weight excluding hydrogens is 340 g/mol. The number of halogens is 2. The van der Waals surface area contributed by atoms with Gasteiger partial charge in [-0.3, -0.25) is 0 Å². The van der Waals surface area contributed by atoms with Crippen molar-refractivity contribution in [3.63, 3.8) is 0 Å². The molecule has 1 fully saturated rings. The van der Waals surface area contributed by atoms with Crippen molar-refractivity contribution in [1.29, 1.82) is 0 Å². The fraction of sp³-hybridized carbons (Fsp3) is 0.250. The van der Waals surface area contributed by atoms with Crippen LogP contribution in [0.3, 0.4) is 0 Å². The van der Waals surface area contributed by atoms with Crippen LogP contribution in [0.4, 0.5) is 13.6 Å². The summed E-state index contributed by atoms with van der Waals surface area (Å²) in [5.41, 5.74) is 0.162. The molecule has 4 nitrogen and oxygen atoms in total. The third-order valence-corrected chi connectivity index (χ3v) is 4.35. The molecule has 1 heterocycles. The van der Waals surface area contributed by atoms with Crippen molar-refractivity contribution < 1.29 is 23.0 Å². The van der Waals surface area contributed by atoms with Gasteiger partial charge in [0.1, 0.15) is 12.2 Å². The summed E-state index contributed by atoms with van der Waals surface area (Å²) in [5, 5.41) is 0. The minimum atomic E-state index is -1.11. The van der Waals surface area contributed by atoms with E-state index in [1.807, 2.05) is 30.3 Å². The summed E-state index contributed by atoms with van der Waals surface area (Å²) in [5.74, 6) is -1.92. The van der Waals surface area contributed by atoms with E-state index in [1.54, 1.807) is 0 Å². The molecule has 1 unspecified atom stereocenters. The molecule has 1 saturated heterocycles. The van der Waals surface area contributed by atoms with E-state index < -0.39 is 23.3 Å². The van der Waals surface area contributed by atoms with E-state index in [9.17, 15) is 13.6 Å².